The number of carbonyl (C=O) groups excluding carboxylic acids is 1. The zero-order valence-electron chi connectivity index (χ0n) is 13.2. The van der Waals surface area contributed by atoms with E-state index < -0.39 is 0 Å². The smallest absolute Gasteiger partial charge is 0.234 e. The minimum atomic E-state index is -0.261. The summed E-state index contributed by atoms with van der Waals surface area (Å²) in [7, 11) is 0. The highest BCUT2D eigenvalue weighted by molar-refractivity contribution is 7.10. The van der Waals surface area contributed by atoms with Crippen molar-refractivity contribution < 1.29 is 9.18 Å². The lowest BCUT2D eigenvalue weighted by molar-refractivity contribution is -0.123. The number of likely N-dealkylation sites (tertiary alicyclic amines) is 1. The maximum absolute atomic E-state index is 13.0. The molecule has 1 N–H and O–H groups in total. The lowest BCUT2D eigenvalue weighted by Gasteiger charge is -2.24. The summed E-state index contributed by atoms with van der Waals surface area (Å²) in [5.74, 6) is -0.242. The number of thiophene rings is 1. The first-order chi connectivity index (χ1) is 11.1. The number of halogens is 1. The molecule has 0 aliphatic carbocycles. The summed E-state index contributed by atoms with van der Waals surface area (Å²) < 4.78 is 13.0. The molecule has 122 valence electrons. The van der Waals surface area contributed by atoms with Gasteiger partial charge in [0, 0.05) is 10.9 Å². The van der Waals surface area contributed by atoms with Gasteiger partial charge in [0.25, 0.3) is 0 Å². The van der Waals surface area contributed by atoms with Crippen molar-refractivity contribution in [2.75, 3.05) is 13.1 Å². The van der Waals surface area contributed by atoms with Gasteiger partial charge in [0.2, 0.25) is 5.91 Å². The SMILES string of the molecule is C[C@@H](NC(=O)CN1CCC[C@@H]1c1cccs1)c1ccc(F)cc1. The third-order valence-electron chi connectivity index (χ3n) is 4.33. The number of carbonyl (C=O) groups is 1. The van der Waals surface area contributed by atoms with E-state index in [1.165, 1.54) is 17.0 Å². The van der Waals surface area contributed by atoms with E-state index in [-0.39, 0.29) is 17.8 Å². The quantitative estimate of drug-likeness (QED) is 0.900. The summed E-state index contributed by atoms with van der Waals surface area (Å²) in [6.45, 7) is 3.29. The molecule has 0 saturated carbocycles. The monoisotopic (exact) mass is 332 g/mol. The van der Waals surface area contributed by atoms with Crippen LogP contribution in [-0.2, 0) is 4.79 Å². The molecule has 2 heterocycles. The highest BCUT2D eigenvalue weighted by Gasteiger charge is 2.28. The second-order valence-corrected chi connectivity index (χ2v) is 6.96. The summed E-state index contributed by atoms with van der Waals surface area (Å²) in [6, 6.07) is 10.7. The molecule has 0 radical (unpaired) electrons. The molecule has 5 heteroatoms. The number of hydrogen-bond donors (Lipinski definition) is 1. The molecule has 23 heavy (non-hydrogen) atoms. The Morgan fingerprint density at radius 2 is 2.17 bits per heavy atom. The summed E-state index contributed by atoms with van der Waals surface area (Å²) >= 11 is 1.75. The predicted molar refractivity (Wildman–Crippen MR) is 90.8 cm³/mol. The highest BCUT2D eigenvalue weighted by atomic mass is 32.1. The van der Waals surface area contributed by atoms with Crippen LogP contribution in [0.5, 0.6) is 0 Å². The van der Waals surface area contributed by atoms with Gasteiger partial charge in [-0.25, -0.2) is 4.39 Å². The van der Waals surface area contributed by atoms with Crippen LogP contribution in [-0.4, -0.2) is 23.9 Å². The van der Waals surface area contributed by atoms with Crippen molar-refractivity contribution in [2.24, 2.45) is 0 Å². The molecule has 0 bridgehead atoms. The molecule has 0 unspecified atom stereocenters. The van der Waals surface area contributed by atoms with Gasteiger partial charge < -0.3 is 5.32 Å². The molecule has 1 fully saturated rings. The van der Waals surface area contributed by atoms with Gasteiger partial charge in [-0.15, -0.1) is 11.3 Å². The van der Waals surface area contributed by atoms with E-state index in [0.29, 0.717) is 12.6 Å². The number of nitrogens with one attached hydrogen (secondary N) is 1. The molecule has 1 aliphatic heterocycles. The van der Waals surface area contributed by atoms with Crippen LogP contribution in [0.4, 0.5) is 4.39 Å². The molecule has 3 nitrogen and oxygen atoms in total. The van der Waals surface area contributed by atoms with E-state index >= 15 is 0 Å². The Hall–Kier alpha value is -1.72. The average Bonchev–Trinajstić information content (AvgIpc) is 3.18. The van der Waals surface area contributed by atoms with E-state index in [1.54, 1.807) is 23.5 Å². The van der Waals surface area contributed by atoms with Crippen LogP contribution < -0.4 is 5.32 Å². The molecule has 0 spiro atoms. The molecule has 1 aliphatic rings. The lowest BCUT2D eigenvalue weighted by Crippen LogP contribution is -2.37. The van der Waals surface area contributed by atoms with Gasteiger partial charge in [-0.05, 0) is 55.5 Å². The van der Waals surface area contributed by atoms with Crippen molar-refractivity contribution in [3.63, 3.8) is 0 Å². The second-order valence-electron chi connectivity index (χ2n) is 5.98. The highest BCUT2D eigenvalue weighted by Crippen LogP contribution is 2.34. The van der Waals surface area contributed by atoms with Crippen LogP contribution >= 0.6 is 11.3 Å². The molecule has 1 amide bonds. The minimum absolute atomic E-state index is 0.0188. The van der Waals surface area contributed by atoms with Crippen molar-refractivity contribution >= 4 is 17.2 Å². The van der Waals surface area contributed by atoms with Gasteiger partial charge in [-0.2, -0.15) is 0 Å². The Balaban J connectivity index is 1.57. The first kappa shape index (κ1) is 16.1. The third kappa shape index (κ3) is 3.98. The van der Waals surface area contributed by atoms with Crippen molar-refractivity contribution in [1.82, 2.24) is 10.2 Å². The molecule has 1 aromatic carbocycles. The van der Waals surface area contributed by atoms with Crippen LogP contribution in [0.3, 0.4) is 0 Å². The number of hydrogen-bond acceptors (Lipinski definition) is 3. The fourth-order valence-corrected chi connectivity index (χ4v) is 4.02. The van der Waals surface area contributed by atoms with E-state index in [0.717, 1.165) is 24.9 Å². The molecule has 3 rings (SSSR count). The van der Waals surface area contributed by atoms with Crippen LogP contribution in [0.2, 0.25) is 0 Å². The summed E-state index contributed by atoms with van der Waals surface area (Å²) in [4.78, 5) is 15.9. The van der Waals surface area contributed by atoms with E-state index in [9.17, 15) is 9.18 Å². The fraction of sp³-hybridized carbons (Fsp3) is 0.389. The lowest BCUT2D eigenvalue weighted by atomic mass is 10.1. The molecule has 2 aromatic rings. The Kier molecular flexibility index (Phi) is 5.08. The Labute approximate surface area is 140 Å². The van der Waals surface area contributed by atoms with Gasteiger partial charge in [0.15, 0.2) is 0 Å². The maximum Gasteiger partial charge on any atom is 0.234 e. The number of nitrogens with zero attached hydrogens (tertiary/aromatic N) is 1. The van der Waals surface area contributed by atoms with E-state index in [2.05, 4.69) is 27.7 Å². The average molecular weight is 332 g/mol. The number of benzene rings is 1. The standard InChI is InChI=1S/C18H21FN2OS/c1-13(14-6-8-15(19)9-7-14)20-18(22)12-21-10-2-4-16(21)17-5-3-11-23-17/h3,5-9,11,13,16H,2,4,10,12H2,1H3,(H,20,22)/t13-,16-/m1/s1. The fourth-order valence-electron chi connectivity index (χ4n) is 3.12. The molecule has 1 aromatic heterocycles. The van der Waals surface area contributed by atoms with Gasteiger partial charge in [0.1, 0.15) is 5.82 Å². The summed E-state index contributed by atoms with van der Waals surface area (Å²) in [6.07, 6.45) is 2.24. The van der Waals surface area contributed by atoms with Crippen molar-refractivity contribution in [2.45, 2.75) is 31.8 Å². The topological polar surface area (TPSA) is 32.3 Å². The van der Waals surface area contributed by atoms with Gasteiger partial charge in [0.05, 0.1) is 12.6 Å². The molecular weight excluding hydrogens is 311 g/mol. The second kappa shape index (κ2) is 7.23. The van der Waals surface area contributed by atoms with E-state index in [4.69, 9.17) is 0 Å². The van der Waals surface area contributed by atoms with Crippen LogP contribution in [0.25, 0.3) is 0 Å². The maximum atomic E-state index is 13.0. The molecular formula is C18H21FN2OS. The van der Waals surface area contributed by atoms with Gasteiger partial charge in [-0.1, -0.05) is 18.2 Å². The molecule has 1 saturated heterocycles. The predicted octanol–water partition coefficient (Wildman–Crippen LogP) is 3.90. The first-order valence-corrected chi connectivity index (χ1v) is 8.84. The zero-order valence-corrected chi connectivity index (χ0v) is 14.0. The Bertz CT molecular complexity index is 642. The Morgan fingerprint density at radius 1 is 1.39 bits per heavy atom. The van der Waals surface area contributed by atoms with Crippen molar-refractivity contribution in [1.29, 1.82) is 0 Å². The largest absolute Gasteiger partial charge is 0.348 e. The zero-order chi connectivity index (χ0) is 16.2. The number of amides is 1. The van der Waals surface area contributed by atoms with Crippen LogP contribution in [0.15, 0.2) is 41.8 Å². The van der Waals surface area contributed by atoms with Crippen molar-refractivity contribution in [3.05, 3.63) is 58.0 Å². The van der Waals surface area contributed by atoms with E-state index in [1.807, 2.05) is 6.92 Å². The Morgan fingerprint density at radius 3 is 2.87 bits per heavy atom. The normalized spacial score (nSPS) is 19.7. The number of rotatable bonds is 5. The summed E-state index contributed by atoms with van der Waals surface area (Å²) in [5, 5.41) is 5.09. The van der Waals surface area contributed by atoms with Crippen LogP contribution in [0.1, 0.15) is 42.3 Å². The van der Waals surface area contributed by atoms with Crippen molar-refractivity contribution in [3.8, 4) is 0 Å². The minimum Gasteiger partial charge on any atom is -0.348 e. The summed E-state index contributed by atoms with van der Waals surface area (Å²) in [5.41, 5.74) is 0.913. The van der Waals surface area contributed by atoms with Gasteiger partial charge >= 0.3 is 0 Å². The van der Waals surface area contributed by atoms with Crippen LogP contribution in [0, 0.1) is 5.82 Å². The van der Waals surface area contributed by atoms with Gasteiger partial charge in [-0.3, -0.25) is 9.69 Å². The molecule has 2 atom stereocenters. The first-order valence-electron chi connectivity index (χ1n) is 7.96. The third-order valence-corrected chi connectivity index (χ3v) is 5.30.